The normalized spacial score (nSPS) is 15.7. The molecule has 2 aromatic rings. The zero-order valence-electron chi connectivity index (χ0n) is 16.2. The quantitative estimate of drug-likeness (QED) is 0.829. The van der Waals surface area contributed by atoms with Crippen LogP contribution < -0.4 is 9.47 Å². The van der Waals surface area contributed by atoms with Crippen LogP contribution in [0.15, 0.2) is 48.5 Å². The van der Waals surface area contributed by atoms with Crippen LogP contribution in [0.1, 0.15) is 28.8 Å². The summed E-state index contributed by atoms with van der Waals surface area (Å²) in [6, 6.07) is 14.6. The van der Waals surface area contributed by atoms with Gasteiger partial charge in [0, 0.05) is 13.1 Å². The highest BCUT2D eigenvalue weighted by atomic mass is 16.5. The minimum atomic E-state index is -0.885. The van der Waals surface area contributed by atoms with E-state index in [1.165, 1.54) is 7.11 Å². The molecule has 1 saturated heterocycles. The van der Waals surface area contributed by atoms with Crippen molar-refractivity contribution in [2.75, 3.05) is 27.3 Å². The monoisotopic (exact) mass is 383 g/mol. The van der Waals surface area contributed by atoms with Crippen molar-refractivity contribution >= 4 is 11.9 Å². The van der Waals surface area contributed by atoms with Crippen molar-refractivity contribution in [2.24, 2.45) is 5.41 Å². The Kier molecular flexibility index (Phi) is 5.87. The van der Waals surface area contributed by atoms with Crippen molar-refractivity contribution in [3.05, 3.63) is 59.7 Å². The predicted molar refractivity (Wildman–Crippen MR) is 105 cm³/mol. The van der Waals surface area contributed by atoms with Crippen LogP contribution in [0.5, 0.6) is 11.5 Å². The molecule has 0 bridgehead atoms. The second-order valence-electron chi connectivity index (χ2n) is 7.11. The first-order valence-electron chi connectivity index (χ1n) is 9.28. The maximum atomic E-state index is 12.9. The molecule has 1 fully saturated rings. The molecule has 0 saturated carbocycles. The molecule has 0 aromatic heterocycles. The van der Waals surface area contributed by atoms with E-state index in [4.69, 9.17) is 9.47 Å². The van der Waals surface area contributed by atoms with Gasteiger partial charge in [0.1, 0.15) is 11.5 Å². The number of ether oxygens (including phenoxy) is 2. The summed E-state index contributed by atoms with van der Waals surface area (Å²) < 4.78 is 10.5. The van der Waals surface area contributed by atoms with Crippen LogP contribution >= 0.6 is 0 Å². The van der Waals surface area contributed by atoms with Crippen LogP contribution in [0.3, 0.4) is 0 Å². The van der Waals surface area contributed by atoms with Gasteiger partial charge >= 0.3 is 5.97 Å². The van der Waals surface area contributed by atoms with E-state index in [1.807, 2.05) is 30.3 Å². The summed E-state index contributed by atoms with van der Waals surface area (Å²) in [6.07, 6.45) is 1.22. The molecule has 2 aromatic carbocycles. The number of methoxy groups -OCH3 is 2. The molecule has 1 N–H and O–H groups in total. The van der Waals surface area contributed by atoms with Gasteiger partial charge in [0.15, 0.2) is 0 Å². The lowest BCUT2D eigenvalue weighted by atomic mass is 9.73. The number of nitrogens with zero attached hydrogens (tertiary/aromatic N) is 1. The molecule has 3 rings (SSSR count). The van der Waals surface area contributed by atoms with Crippen molar-refractivity contribution in [3.8, 4) is 11.5 Å². The summed E-state index contributed by atoms with van der Waals surface area (Å²) >= 11 is 0. The summed E-state index contributed by atoms with van der Waals surface area (Å²) in [6.45, 7) is 0.792. The average molecular weight is 383 g/mol. The first-order chi connectivity index (χ1) is 13.5. The molecule has 0 radical (unpaired) electrons. The van der Waals surface area contributed by atoms with Crippen molar-refractivity contribution in [1.29, 1.82) is 0 Å². The first-order valence-corrected chi connectivity index (χ1v) is 9.28. The lowest BCUT2D eigenvalue weighted by molar-refractivity contribution is -0.151. The SMILES string of the molecule is COc1cccc(CC2(C(=O)O)CCN(C(=O)c3ccccc3OC)CC2)c1. The lowest BCUT2D eigenvalue weighted by Gasteiger charge is -2.39. The number of rotatable bonds is 6. The number of hydrogen-bond donors (Lipinski definition) is 1. The number of amides is 1. The van der Waals surface area contributed by atoms with Gasteiger partial charge in [0.2, 0.25) is 0 Å². The molecule has 1 heterocycles. The topological polar surface area (TPSA) is 76.1 Å². The standard InChI is InChI=1S/C22H25NO5/c1-27-17-7-5-6-16(14-17)15-22(21(25)26)10-12-23(13-11-22)20(24)18-8-3-4-9-19(18)28-2/h3-9,14H,10-13,15H2,1-2H3,(H,25,26). The molecule has 6 nitrogen and oxygen atoms in total. The summed E-state index contributed by atoms with van der Waals surface area (Å²) in [5, 5.41) is 9.95. The summed E-state index contributed by atoms with van der Waals surface area (Å²) in [4.78, 5) is 26.7. The van der Waals surface area contributed by atoms with Gasteiger partial charge in [-0.2, -0.15) is 0 Å². The van der Waals surface area contributed by atoms with Crippen LogP contribution in [0, 0.1) is 5.41 Å². The number of piperidine rings is 1. The largest absolute Gasteiger partial charge is 0.497 e. The molecule has 28 heavy (non-hydrogen) atoms. The van der Waals surface area contributed by atoms with Crippen LogP contribution in [-0.2, 0) is 11.2 Å². The van der Waals surface area contributed by atoms with Crippen LogP contribution in [0.2, 0.25) is 0 Å². The number of aliphatic carboxylic acids is 1. The average Bonchev–Trinajstić information content (AvgIpc) is 2.73. The van der Waals surface area contributed by atoms with E-state index < -0.39 is 11.4 Å². The highest BCUT2D eigenvalue weighted by molar-refractivity contribution is 5.97. The van der Waals surface area contributed by atoms with E-state index in [1.54, 1.807) is 30.2 Å². The fourth-order valence-corrected chi connectivity index (χ4v) is 3.77. The number of hydrogen-bond acceptors (Lipinski definition) is 4. The zero-order chi connectivity index (χ0) is 20.1. The first kappa shape index (κ1) is 19.7. The number of carboxylic acids is 1. The van der Waals surface area contributed by atoms with Gasteiger partial charge in [-0.3, -0.25) is 9.59 Å². The molecule has 0 aliphatic carbocycles. The molecular formula is C22H25NO5. The van der Waals surface area contributed by atoms with Gasteiger partial charge in [0.05, 0.1) is 25.2 Å². The fourth-order valence-electron chi connectivity index (χ4n) is 3.77. The van der Waals surface area contributed by atoms with E-state index in [0.717, 1.165) is 5.56 Å². The fraction of sp³-hybridized carbons (Fsp3) is 0.364. The molecule has 6 heteroatoms. The molecule has 0 spiro atoms. The van der Waals surface area contributed by atoms with Gasteiger partial charge in [-0.25, -0.2) is 0 Å². The lowest BCUT2D eigenvalue weighted by Crippen LogP contribution is -2.47. The number of carbonyl (C=O) groups is 2. The van der Waals surface area contributed by atoms with Gasteiger partial charge in [-0.15, -0.1) is 0 Å². The molecule has 0 unspecified atom stereocenters. The minimum Gasteiger partial charge on any atom is -0.497 e. The Morgan fingerprint density at radius 1 is 1.04 bits per heavy atom. The Balaban J connectivity index is 1.75. The zero-order valence-corrected chi connectivity index (χ0v) is 16.2. The third kappa shape index (κ3) is 3.96. The van der Waals surface area contributed by atoms with E-state index in [9.17, 15) is 14.7 Å². The van der Waals surface area contributed by atoms with Crippen LogP contribution in [0.25, 0.3) is 0 Å². The molecule has 1 aliphatic heterocycles. The summed E-state index contributed by atoms with van der Waals surface area (Å²) in [5.74, 6) is 0.290. The Morgan fingerprint density at radius 3 is 2.39 bits per heavy atom. The van der Waals surface area contributed by atoms with E-state index in [2.05, 4.69) is 0 Å². The third-order valence-electron chi connectivity index (χ3n) is 5.48. The molecule has 1 aliphatic rings. The Labute approximate surface area is 164 Å². The molecule has 1 amide bonds. The summed E-state index contributed by atoms with van der Waals surface area (Å²) in [5.41, 5.74) is 0.538. The van der Waals surface area contributed by atoms with E-state index >= 15 is 0 Å². The van der Waals surface area contributed by atoms with Crippen LogP contribution in [0.4, 0.5) is 0 Å². The van der Waals surface area contributed by atoms with Crippen molar-refractivity contribution in [1.82, 2.24) is 4.90 Å². The number of carboxylic acid groups (broad SMARTS) is 1. The number of para-hydroxylation sites is 1. The smallest absolute Gasteiger partial charge is 0.310 e. The van der Waals surface area contributed by atoms with Gasteiger partial charge in [0.25, 0.3) is 5.91 Å². The maximum absolute atomic E-state index is 12.9. The molecular weight excluding hydrogens is 358 g/mol. The number of benzene rings is 2. The number of carbonyl (C=O) groups excluding carboxylic acids is 1. The van der Waals surface area contributed by atoms with Crippen LogP contribution in [-0.4, -0.2) is 49.2 Å². The Bertz CT molecular complexity index is 856. The maximum Gasteiger partial charge on any atom is 0.310 e. The Morgan fingerprint density at radius 2 is 1.75 bits per heavy atom. The van der Waals surface area contributed by atoms with Crippen molar-refractivity contribution in [2.45, 2.75) is 19.3 Å². The molecule has 0 atom stereocenters. The van der Waals surface area contributed by atoms with Gasteiger partial charge in [-0.1, -0.05) is 24.3 Å². The highest BCUT2D eigenvalue weighted by Crippen LogP contribution is 2.37. The predicted octanol–water partition coefficient (Wildman–Crippen LogP) is 3.25. The second-order valence-corrected chi connectivity index (χ2v) is 7.11. The Hall–Kier alpha value is -3.02. The van der Waals surface area contributed by atoms with E-state index in [-0.39, 0.29) is 5.91 Å². The highest BCUT2D eigenvalue weighted by Gasteiger charge is 2.42. The number of likely N-dealkylation sites (tertiary alicyclic amines) is 1. The third-order valence-corrected chi connectivity index (χ3v) is 5.48. The van der Waals surface area contributed by atoms with Crippen molar-refractivity contribution < 1.29 is 24.2 Å². The summed E-state index contributed by atoms with van der Waals surface area (Å²) in [7, 11) is 3.12. The van der Waals surface area contributed by atoms with E-state index in [0.29, 0.717) is 49.4 Å². The minimum absolute atomic E-state index is 0.127. The molecule has 148 valence electrons. The van der Waals surface area contributed by atoms with Gasteiger partial charge in [-0.05, 0) is 49.1 Å². The second kappa shape index (κ2) is 8.33. The van der Waals surface area contributed by atoms with Gasteiger partial charge < -0.3 is 19.5 Å². The van der Waals surface area contributed by atoms with Crippen molar-refractivity contribution in [3.63, 3.8) is 0 Å².